The van der Waals surface area contributed by atoms with Crippen molar-refractivity contribution in [2.45, 2.75) is 52.1 Å². The highest BCUT2D eigenvalue weighted by atomic mass is 16.6. The van der Waals surface area contributed by atoms with Gasteiger partial charge in [0, 0.05) is 13.6 Å². The van der Waals surface area contributed by atoms with Gasteiger partial charge in [0.15, 0.2) is 0 Å². The SMILES string of the molecule is CN(CC(=O)NCCCN1CCCCC1)C(=O)OC(C)(C)C. The quantitative estimate of drug-likeness (QED) is 0.760. The zero-order valence-electron chi connectivity index (χ0n) is 14.5. The second-order valence-electron chi connectivity index (χ2n) is 6.94. The summed E-state index contributed by atoms with van der Waals surface area (Å²) in [6.45, 7) is 9.47. The molecular weight excluding hydrogens is 282 g/mol. The fraction of sp³-hybridized carbons (Fsp3) is 0.875. The number of nitrogens with zero attached hydrogens (tertiary/aromatic N) is 2. The summed E-state index contributed by atoms with van der Waals surface area (Å²) in [4.78, 5) is 27.3. The van der Waals surface area contributed by atoms with E-state index in [1.54, 1.807) is 27.8 Å². The lowest BCUT2D eigenvalue weighted by Gasteiger charge is -2.26. The minimum absolute atomic E-state index is 0.0264. The summed E-state index contributed by atoms with van der Waals surface area (Å²) in [5.41, 5.74) is -0.545. The van der Waals surface area contributed by atoms with E-state index in [2.05, 4.69) is 10.2 Å². The molecule has 0 radical (unpaired) electrons. The Morgan fingerprint density at radius 1 is 1.18 bits per heavy atom. The Morgan fingerprint density at radius 2 is 1.82 bits per heavy atom. The molecule has 6 heteroatoms. The molecule has 1 aliphatic heterocycles. The van der Waals surface area contributed by atoms with E-state index in [0.29, 0.717) is 6.54 Å². The normalized spacial score (nSPS) is 16.2. The van der Waals surface area contributed by atoms with E-state index in [4.69, 9.17) is 4.74 Å². The van der Waals surface area contributed by atoms with Gasteiger partial charge in [-0.25, -0.2) is 4.79 Å². The number of hydrogen-bond donors (Lipinski definition) is 1. The van der Waals surface area contributed by atoms with Gasteiger partial charge < -0.3 is 19.9 Å². The van der Waals surface area contributed by atoms with Crippen molar-refractivity contribution >= 4 is 12.0 Å². The van der Waals surface area contributed by atoms with Crippen LogP contribution >= 0.6 is 0 Å². The zero-order valence-corrected chi connectivity index (χ0v) is 14.5. The lowest BCUT2D eigenvalue weighted by atomic mass is 10.1. The maximum absolute atomic E-state index is 11.8. The smallest absolute Gasteiger partial charge is 0.410 e. The maximum Gasteiger partial charge on any atom is 0.410 e. The third-order valence-corrected chi connectivity index (χ3v) is 3.51. The number of likely N-dealkylation sites (tertiary alicyclic amines) is 1. The van der Waals surface area contributed by atoms with Crippen LogP contribution in [0.15, 0.2) is 0 Å². The highest BCUT2D eigenvalue weighted by molar-refractivity contribution is 5.82. The fourth-order valence-corrected chi connectivity index (χ4v) is 2.39. The van der Waals surface area contributed by atoms with Crippen LogP contribution in [0.5, 0.6) is 0 Å². The molecule has 0 unspecified atom stereocenters. The first-order valence-electron chi connectivity index (χ1n) is 8.21. The zero-order chi connectivity index (χ0) is 16.6. The highest BCUT2D eigenvalue weighted by Gasteiger charge is 2.20. The summed E-state index contributed by atoms with van der Waals surface area (Å²) in [7, 11) is 1.57. The van der Waals surface area contributed by atoms with E-state index in [9.17, 15) is 9.59 Å². The first kappa shape index (κ1) is 18.7. The minimum Gasteiger partial charge on any atom is -0.444 e. The molecule has 128 valence electrons. The molecule has 22 heavy (non-hydrogen) atoms. The number of hydrogen-bond acceptors (Lipinski definition) is 4. The molecule has 0 bridgehead atoms. The van der Waals surface area contributed by atoms with E-state index >= 15 is 0 Å². The van der Waals surface area contributed by atoms with Crippen molar-refractivity contribution in [1.29, 1.82) is 0 Å². The van der Waals surface area contributed by atoms with Gasteiger partial charge in [-0.3, -0.25) is 4.79 Å². The van der Waals surface area contributed by atoms with Gasteiger partial charge in [0.1, 0.15) is 12.1 Å². The summed E-state index contributed by atoms with van der Waals surface area (Å²) in [5.74, 6) is -0.146. The Morgan fingerprint density at radius 3 is 2.41 bits per heavy atom. The number of carbonyl (C=O) groups excluding carboxylic acids is 2. The van der Waals surface area contributed by atoms with Crippen molar-refractivity contribution in [2.75, 3.05) is 39.8 Å². The third-order valence-electron chi connectivity index (χ3n) is 3.51. The van der Waals surface area contributed by atoms with Gasteiger partial charge in [-0.1, -0.05) is 6.42 Å². The molecule has 1 fully saturated rings. The Hall–Kier alpha value is -1.30. The van der Waals surface area contributed by atoms with Crippen LogP contribution in [0, 0.1) is 0 Å². The molecule has 1 N–H and O–H groups in total. The minimum atomic E-state index is -0.545. The summed E-state index contributed by atoms with van der Waals surface area (Å²) < 4.78 is 5.21. The Kier molecular flexibility index (Phi) is 7.65. The fourth-order valence-electron chi connectivity index (χ4n) is 2.39. The van der Waals surface area contributed by atoms with Crippen LogP contribution in [0.3, 0.4) is 0 Å². The molecule has 0 atom stereocenters. The number of likely N-dealkylation sites (N-methyl/N-ethyl adjacent to an activating group) is 1. The van der Waals surface area contributed by atoms with E-state index in [0.717, 1.165) is 13.0 Å². The Labute approximate surface area is 134 Å². The number of nitrogens with one attached hydrogen (secondary N) is 1. The van der Waals surface area contributed by atoms with Crippen LogP contribution in [0.4, 0.5) is 4.79 Å². The highest BCUT2D eigenvalue weighted by Crippen LogP contribution is 2.09. The number of carbonyl (C=O) groups is 2. The second kappa shape index (κ2) is 8.98. The predicted molar refractivity (Wildman–Crippen MR) is 86.8 cm³/mol. The van der Waals surface area contributed by atoms with Crippen molar-refractivity contribution in [3.63, 3.8) is 0 Å². The molecule has 0 aromatic carbocycles. The lowest BCUT2D eigenvalue weighted by molar-refractivity contribution is -0.122. The monoisotopic (exact) mass is 313 g/mol. The second-order valence-corrected chi connectivity index (χ2v) is 6.94. The first-order chi connectivity index (χ1) is 10.3. The van der Waals surface area contributed by atoms with Crippen LogP contribution in [0.25, 0.3) is 0 Å². The molecular formula is C16H31N3O3. The van der Waals surface area contributed by atoms with Gasteiger partial charge in [-0.15, -0.1) is 0 Å². The van der Waals surface area contributed by atoms with Gasteiger partial charge in [0.05, 0.1) is 0 Å². The van der Waals surface area contributed by atoms with Gasteiger partial charge in [0.2, 0.25) is 5.91 Å². The average Bonchev–Trinajstić information content (AvgIpc) is 2.43. The molecule has 0 aromatic heterocycles. The van der Waals surface area contributed by atoms with Crippen molar-refractivity contribution in [2.24, 2.45) is 0 Å². The Balaban J connectivity index is 2.13. The van der Waals surface area contributed by atoms with Crippen LogP contribution in [-0.2, 0) is 9.53 Å². The van der Waals surface area contributed by atoms with Crippen molar-refractivity contribution in [3.05, 3.63) is 0 Å². The van der Waals surface area contributed by atoms with Crippen molar-refractivity contribution < 1.29 is 14.3 Å². The maximum atomic E-state index is 11.8. The molecule has 0 saturated carbocycles. The molecule has 1 aliphatic rings. The van der Waals surface area contributed by atoms with Crippen LogP contribution in [0.2, 0.25) is 0 Å². The average molecular weight is 313 g/mol. The third kappa shape index (κ3) is 8.22. The topological polar surface area (TPSA) is 61.9 Å². The van der Waals surface area contributed by atoms with E-state index in [-0.39, 0.29) is 12.5 Å². The van der Waals surface area contributed by atoms with Gasteiger partial charge in [-0.2, -0.15) is 0 Å². The largest absolute Gasteiger partial charge is 0.444 e. The molecule has 0 aromatic rings. The predicted octanol–water partition coefficient (Wildman–Crippen LogP) is 1.85. The Bertz CT molecular complexity index is 360. The van der Waals surface area contributed by atoms with Gasteiger partial charge in [-0.05, 0) is 59.7 Å². The molecule has 1 heterocycles. The number of piperidine rings is 1. The van der Waals surface area contributed by atoms with Gasteiger partial charge >= 0.3 is 6.09 Å². The lowest BCUT2D eigenvalue weighted by Crippen LogP contribution is -2.41. The van der Waals surface area contributed by atoms with E-state index in [1.807, 2.05) is 0 Å². The van der Waals surface area contributed by atoms with Crippen LogP contribution in [0.1, 0.15) is 46.5 Å². The van der Waals surface area contributed by atoms with E-state index < -0.39 is 11.7 Å². The molecule has 1 rings (SSSR count). The van der Waals surface area contributed by atoms with Crippen molar-refractivity contribution in [1.82, 2.24) is 15.1 Å². The summed E-state index contributed by atoms with van der Waals surface area (Å²) >= 11 is 0. The molecule has 1 saturated heterocycles. The van der Waals surface area contributed by atoms with Crippen molar-refractivity contribution in [3.8, 4) is 0 Å². The number of amides is 2. The van der Waals surface area contributed by atoms with E-state index in [1.165, 1.54) is 37.3 Å². The summed E-state index contributed by atoms with van der Waals surface area (Å²) in [6.07, 6.45) is 4.38. The summed E-state index contributed by atoms with van der Waals surface area (Å²) in [6, 6.07) is 0. The van der Waals surface area contributed by atoms with Crippen LogP contribution < -0.4 is 5.32 Å². The first-order valence-corrected chi connectivity index (χ1v) is 8.21. The molecule has 6 nitrogen and oxygen atoms in total. The molecule has 2 amide bonds. The molecule has 0 spiro atoms. The standard InChI is InChI=1S/C16H31N3O3/c1-16(2,3)22-15(21)18(4)13-14(20)17-9-8-12-19-10-6-5-7-11-19/h5-13H2,1-4H3,(H,17,20). The number of rotatable bonds is 6. The summed E-state index contributed by atoms with van der Waals surface area (Å²) in [5, 5.41) is 2.86. The van der Waals surface area contributed by atoms with Crippen LogP contribution in [-0.4, -0.2) is 67.2 Å². The van der Waals surface area contributed by atoms with Gasteiger partial charge in [0.25, 0.3) is 0 Å². The number of ether oxygens (including phenoxy) is 1. The molecule has 0 aliphatic carbocycles.